The average molecular weight is 404 g/mol. The van der Waals surface area contributed by atoms with Gasteiger partial charge in [-0.2, -0.15) is 0 Å². The van der Waals surface area contributed by atoms with Crippen LogP contribution in [-0.2, 0) is 23.3 Å². The Bertz CT molecular complexity index is 1060. The molecular formula is C25H29N3O2. The first-order valence-electron chi connectivity index (χ1n) is 10.8. The molecular weight excluding hydrogens is 374 g/mol. The number of aromatic amines is 1. The number of carbonyl (C=O) groups excluding carboxylic acids is 1. The number of ether oxygens (including phenoxy) is 1. The third-order valence-electron chi connectivity index (χ3n) is 6.99. The lowest BCUT2D eigenvalue weighted by Crippen LogP contribution is -2.57. The summed E-state index contributed by atoms with van der Waals surface area (Å²) in [6, 6.07) is 16.9. The second kappa shape index (κ2) is 7.47. The average Bonchev–Trinajstić information content (AvgIpc) is 3.15. The summed E-state index contributed by atoms with van der Waals surface area (Å²) in [6.07, 6.45) is 2.80. The standard InChI is InChI=1S/C25H29N3O2/c1-18(29)28-13-10-21-22-16-20(30-2)8-9-23(22)26-24(21)25(28)11-14-27(15-12-25)17-19-6-4-3-5-7-19/h3-9,16,26H,10-15,17H2,1-2H3. The van der Waals surface area contributed by atoms with Gasteiger partial charge in [-0.1, -0.05) is 30.3 Å². The number of methoxy groups -OCH3 is 1. The van der Waals surface area contributed by atoms with Crippen molar-refractivity contribution >= 4 is 16.8 Å². The highest BCUT2D eigenvalue weighted by Crippen LogP contribution is 2.46. The summed E-state index contributed by atoms with van der Waals surface area (Å²) in [5.74, 6) is 1.05. The van der Waals surface area contributed by atoms with Crippen molar-refractivity contribution < 1.29 is 9.53 Å². The fourth-order valence-corrected chi connectivity index (χ4v) is 5.48. The Balaban J connectivity index is 1.49. The molecule has 5 nitrogen and oxygen atoms in total. The van der Waals surface area contributed by atoms with Crippen molar-refractivity contribution in [1.29, 1.82) is 0 Å². The van der Waals surface area contributed by atoms with Crippen LogP contribution < -0.4 is 4.74 Å². The summed E-state index contributed by atoms with van der Waals surface area (Å²) < 4.78 is 5.46. The molecule has 0 radical (unpaired) electrons. The third-order valence-corrected chi connectivity index (χ3v) is 6.99. The van der Waals surface area contributed by atoms with E-state index in [1.807, 2.05) is 6.07 Å². The molecule has 3 heterocycles. The van der Waals surface area contributed by atoms with E-state index in [1.54, 1.807) is 14.0 Å². The maximum atomic E-state index is 12.6. The SMILES string of the molecule is COc1ccc2[nH]c3c(c2c1)CCN(C(C)=O)C31CCN(Cc2ccccc2)CC1. The molecule has 156 valence electrons. The zero-order valence-electron chi connectivity index (χ0n) is 17.8. The number of rotatable bonds is 3. The maximum absolute atomic E-state index is 12.6. The van der Waals surface area contributed by atoms with Gasteiger partial charge in [-0.3, -0.25) is 9.69 Å². The molecule has 30 heavy (non-hydrogen) atoms. The van der Waals surface area contributed by atoms with Crippen LogP contribution in [-0.4, -0.2) is 47.4 Å². The van der Waals surface area contributed by atoms with Gasteiger partial charge in [0.25, 0.3) is 0 Å². The van der Waals surface area contributed by atoms with Gasteiger partial charge in [0.15, 0.2) is 0 Å². The highest BCUT2D eigenvalue weighted by Gasteiger charge is 2.47. The van der Waals surface area contributed by atoms with Crippen LogP contribution in [0.1, 0.15) is 36.6 Å². The minimum Gasteiger partial charge on any atom is -0.497 e. The fraction of sp³-hybridized carbons (Fsp3) is 0.400. The number of nitrogens with zero attached hydrogens (tertiary/aromatic N) is 2. The topological polar surface area (TPSA) is 48.6 Å². The van der Waals surface area contributed by atoms with Crippen LogP contribution in [0.15, 0.2) is 48.5 Å². The molecule has 2 aliphatic heterocycles. The Kier molecular flexibility index (Phi) is 4.78. The van der Waals surface area contributed by atoms with Gasteiger partial charge in [-0.25, -0.2) is 0 Å². The lowest BCUT2D eigenvalue weighted by Gasteiger charge is -2.51. The smallest absolute Gasteiger partial charge is 0.220 e. The van der Waals surface area contributed by atoms with Gasteiger partial charge in [0.2, 0.25) is 5.91 Å². The minimum atomic E-state index is -0.237. The van der Waals surface area contributed by atoms with Crippen LogP contribution in [0.4, 0.5) is 0 Å². The van der Waals surface area contributed by atoms with Gasteiger partial charge in [0, 0.05) is 49.7 Å². The molecule has 1 N–H and O–H groups in total. The monoisotopic (exact) mass is 403 g/mol. The van der Waals surface area contributed by atoms with Crippen LogP contribution >= 0.6 is 0 Å². The van der Waals surface area contributed by atoms with Crippen molar-refractivity contribution in [3.05, 3.63) is 65.4 Å². The number of nitrogens with one attached hydrogen (secondary N) is 1. The maximum Gasteiger partial charge on any atom is 0.220 e. The predicted molar refractivity (Wildman–Crippen MR) is 119 cm³/mol. The second-order valence-corrected chi connectivity index (χ2v) is 8.60. The molecule has 1 spiro atoms. The van der Waals surface area contributed by atoms with Crippen LogP contribution in [0.5, 0.6) is 5.75 Å². The molecule has 0 saturated carbocycles. The molecule has 3 aromatic rings. The predicted octanol–water partition coefficient (Wildman–Crippen LogP) is 4.07. The summed E-state index contributed by atoms with van der Waals surface area (Å²) in [4.78, 5) is 21.0. The zero-order valence-corrected chi connectivity index (χ0v) is 17.8. The largest absolute Gasteiger partial charge is 0.497 e. The first-order chi connectivity index (χ1) is 14.6. The van der Waals surface area contributed by atoms with E-state index in [0.717, 1.165) is 56.7 Å². The van der Waals surface area contributed by atoms with E-state index in [9.17, 15) is 4.79 Å². The molecule has 1 fully saturated rings. The Morgan fingerprint density at radius 1 is 1.10 bits per heavy atom. The Morgan fingerprint density at radius 3 is 2.57 bits per heavy atom. The summed E-state index contributed by atoms with van der Waals surface area (Å²) in [6.45, 7) is 5.43. The summed E-state index contributed by atoms with van der Waals surface area (Å²) in [5, 5.41) is 1.23. The molecule has 0 unspecified atom stereocenters. The third kappa shape index (κ3) is 3.08. The zero-order chi connectivity index (χ0) is 20.7. The molecule has 2 aliphatic rings. The van der Waals surface area contributed by atoms with Crippen molar-refractivity contribution in [2.45, 2.75) is 38.3 Å². The lowest BCUT2D eigenvalue weighted by molar-refractivity contribution is -0.139. The molecule has 1 amide bonds. The molecule has 2 aromatic carbocycles. The number of benzene rings is 2. The minimum absolute atomic E-state index is 0.174. The number of aromatic nitrogens is 1. The van der Waals surface area contributed by atoms with E-state index in [-0.39, 0.29) is 11.4 Å². The van der Waals surface area contributed by atoms with E-state index in [4.69, 9.17) is 4.74 Å². The van der Waals surface area contributed by atoms with Crippen molar-refractivity contribution in [3.63, 3.8) is 0 Å². The lowest BCUT2D eigenvalue weighted by atomic mass is 9.77. The van der Waals surface area contributed by atoms with E-state index in [0.29, 0.717) is 0 Å². The molecule has 5 rings (SSSR count). The number of hydrogen-bond acceptors (Lipinski definition) is 3. The van der Waals surface area contributed by atoms with Crippen molar-refractivity contribution in [2.24, 2.45) is 0 Å². The highest BCUT2D eigenvalue weighted by atomic mass is 16.5. The molecule has 0 bridgehead atoms. The van der Waals surface area contributed by atoms with E-state index in [1.165, 1.54) is 22.2 Å². The molecule has 0 atom stereocenters. The van der Waals surface area contributed by atoms with E-state index >= 15 is 0 Å². The Morgan fingerprint density at radius 2 is 1.87 bits per heavy atom. The van der Waals surface area contributed by atoms with E-state index in [2.05, 4.69) is 57.2 Å². The summed E-state index contributed by atoms with van der Waals surface area (Å²) >= 11 is 0. The quantitative estimate of drug-likeness (QED) is 0.717. The molecule has 1 saturated heterocycles. The number of likely N-dealkylation sites (tertiary alicyclic amines) is 1. The van der Waals surface area contributed by atoms with Crippen LogP contribution in [0.3, 0.4) is 0 Å². The fourth-order valence-electron chi connectivity index (χ4n) is 5.48. The van der Waals surface area contributed by atoms with E-state index < -0.39 is 0 Å². The number of H-pyrrole nitrogens is 1. The van der Waals surface area contributed by atoms with Crippen LogP contribution in [0.2, 0.25) is 0 Å². The molecule has 1 aromatic heterocycles. The number of hydrogen-bond donors (Lipinski definition) is 1. The Hall–Kier alpha value is -2.79. The van der Waals surface area contributed by atoms with Gasteiger partial charge in [-0.05, 0) is 48.6 Å². The van der Waals surface area contributed by atoms with Gasteiger partial charge in [-0.15, -0.1) is 0 Å². The first-order valence-corrected chi connectivity index (χ1v) is 10.8. The first kappa shape index (κ1) is 19.2. The van der Waals surface area contributed by atoms with Gasteiger partial charge in [0.05, 0.1) is 12.6 Å². The molecule has 0 aliphatic carbocycles. The van der Waals surface area contributed by atoms with Crippen LogP contribution in [0.25, 0.3) is 10.9 Å². The Labute approximate surface area is 177 Å². The van der Waals surface area contributed by atoms with Crippen molar-refractivity contribution in [1.82, 2.24) is 14.8 Å². The number of fused-ring (bicyclic) bond motifs is 4. The second-order valence-electron chi connectivity index (χ2n) is 8.60. The van der Waals surface area contributed by atoms with Gasteiger partial charge in [0.1, 0.15) is 5.75 Å². The summed E-state index contributed by atoms with van der Waals surface area (Å²) in [7, 11) is 1.71. The van der Waals surface area contributed by atoms with Crippen LogP contribution in [0, 0.1) is 0 Å². The molecule has 5 heteroatoms. The number of amides is 1. The summed E-state index contributed by atoms with van der Waals surface area (Å²) in [5.41, 5.74) is 4.85. The van der Waals surface area contributed by atoms with Gasteiger partial charge >= 0.3 is 0 Å². The highest BCUT2D eigenvalue weighted by molar-refractivity contribution is 5.87. The number of carbonyl (C=O) groups is 1. The van der Waals surface area contributed by atoms with Gasteiger partial charge < -0.3 is 14.6 Å². The van der Waals surface area contributed by atoms with Crippen molar-refractivity contribution in [3.8, 4) is 5.75 Å². The van der Waals surface area contributed by atoms with Crippen molar-refractivity contribution in [2.75, 3.05) is 26.7 Å². The number of piperidine rings is 1. The normalized spacial score (nSPS) is 18.5.